The van der Waals surface area contributed by atoms with Gasteiger partial charge < -0.3 is 25.0 Å². The third kappa shape index (κ3) is 4.41. The molecule has 28 heavy (non-hydrogen) atoms. The standard InChI is InChI=1S/C17H26N6O4S/c1-4-23-16(22-6-8-26-9-7-22)20-21-17(23)28-10-12-13(14(24)27-5-2)11(3)18-15(25)19-12/h11H,4-10H2,1-3H3,(H2,18,19,25). The van der Waals surface area contributed by atoms with Crippen molar-refractivity contribution in [1.82, 2.24) is 25.4 Å². The molecule has 154 valence electrons. The van der Waals surface area contributed by atoms with Crippen molar-refractivity contribution in [3.63, 3.8) is 0 Å². The van der Waals surface area contributed by atoms with Crippen molar-refractivity contribution in [3.8, 4) is 0 Å². The number of rotatable bonds is 7. The predicted molar refractivity (Wildman–Crippen MR) is 104 cm³/mol. The lowest BCUT2D eigenvalue weighted by Crippen LogP contribution is -2.49. The van der Waals surface area contributed by atoms with E-state index in [1.54, 1.807) is 13.8 Å². The van der Waals surface area contributed by atoms with Gasteiger partial charge in [-0.15, -0.1) is 10.2 Å². The zero-order valence-corrected chi connectivity index (χ0v) is 17.2. The number of nitrogens with one attached hydrogen (secondary N) is 2. The van der Waals surface area contributed by atoms with Crippen LogP contribution in [0.3, 0.4) is 0 Å². The van der Waals surface area contributed by atoms with Crippen molar-refractivity contribution in [2.75, 3.05) is 43.6 Å². The summed E-state index contributed by atoms with van der Waals surface area (Å²) in [7, 11) is 0. The van der Waals surface area contributed by atoms with Gasteiger partial charge in [-0.3, -0.25) is 4.57 Å². The highest BCUT2D eigenvalue weighted by Gasteiger charge is 2.30. The molecule has 0 aromatic carbocycles. The van der Waals surface area contributed by atoms with Gasteiger partial charge in [-0.25, -0.2) is 9.59 Å². The van der Waals surface area contributed by atoms with E-state index in [2.05, 4.69) is 25.7 Å². The Morgan fingerprint density at radius 1 is 1.32 bits per heavy atom. The SMILES string of the molecule is CCOC(=O)C1=C(CSc2nnc(N3CCOCC3)n2CC)NC(=O)NC1C. The Bertz CT molecular complexity index is 759. The Morgan fingerprint density at radius 2 is 2.07 bits per heavy atom. The van der Waals surface area contributed by atoms with E-state index in [4.69, 9.17) is 9.47 Å². The molecule has 3 rings (SSSR count). The van der Waals surface area contributed by atoms with E-state index in [1.165, 1.54) is 11.8 Å². The van der Waals surface area contributed by atoms with Crippen molar-refractivity contribution in [2.24, 2.45) is 0 Å². The quantitative estimate of drug-likeness (QED) is 0.500. The van der Waals surface area contributed by atoms with Crippen LogP contribution in [0.25, 0.3) is 0 Å². The average molecular weight is 411 g/mol. The van der Waals surface area contributed by atoms with Crippen LogP contribution < -0.4 is 15.5 Å². The van der Waals surface area contributed by atoms with Crippen LogP contribution in [0.1, 0.15) is 20.8 Å². The topological polar surface area (TPSA) is 111 Å². The highest BCUT2D eigenvalue weighted by molar-refractivity contribution is 7.99. The molecule has 2 aliphatic heterocycles. The Morgan fingerprint density at radius 3 is 2.75 bits per heavy atom. The molecule has 1 atom stereocenters. The zero-order valence-electron chi connectivity index (χ0n) is 16.4. The maximum absolute atomic E-state index is 12.3. The second-order valence-electron chi connectivity index (χ2n) is 6.35. The van der Waals surface area contributed by atoms with Gasteiger partial charge in [0.1, 0.15) is 0 Å². The fourth-order valence-electron chi connectivity index (χ4n) is 3.19. The molecule has 2 N–H and O–H groups in total. The zero-order chi connectivity index (χ0) is 20.1. The summed E-state index contributed by atoms with van der Waals surface area (Å²) in [6.07, 6.45) is 0. The highest BCUT2D eigenvalue weighted by atomic mass is 32.2. The Kier molecular flexibility index (Phi) is 6.79. The van der Waals surface area contributed by atoms with Crippen LogP contribution in [0.2, 0.25) is 0 Å². The molecule has 3 heterocycles. The smallest absolute Gasteiger partial charge is 0.337 e. The number of thioether (sulfide) groups is 1. The lowest BCUT2D eigenvalue weighted by atomic mass is 10.1. The molecule has 1 aromatic heterocycles. The van der Waals surface area contributed by atoms with Crippen LogP contribution in [-0.2, 0) is 20.8 Å². The third-order valence-corrected chi connectivity index (χ3v) is 5.51. The van der Waals surface area contributed by atoms with Crippen molar-refractivity contribution in [2.45, 2.75) is 38.5 Å². The summed E-state index contributed by atoms with van der Waals surface area (Å²) < 4.78 is 12.6. The van der Waals surface area contributed by atoms with Gasteiger partial charge in [0.05, 0.1) is 31.4 Å². The Balaban J connectivity index is 1.79. The maximum atomic E-state index is 12.3. The van der Waals surface area contributed by atoms with E-state index in [9.17, 15) is 9.59 Å². The molecule has 0 spiro atoms. The number of nitrogens with zero attached hydrogens (tertiary/aromatic N) is 4. The van der Waals surface area contributed by atoms with Crippen LogP contribution in [-0.4, -0.2) is 71.5 Å². The molecule has 2 aliphatic rings. The Labute approximate surface area is 168 Å². The minimum absolute atomic E-state index is 0.274. The lowest BCUT2D eigenvalue weighted by molar-refractivity contribution is -0.138. The van der Waals surface area contributed by atoms with E-state index in [0.29, 0.717) is 30.2 Å². The molecule has 0 radical (unpaired) electrons. The van der Waals surface area contributed by atoms with Crippen LogP contribution >= 0.6 is 11.8 Å². The van der Waals surface area contributed by atoms with E-state index < -0.39 is 12.0 Å². The normalized spacial score (nSPS) is 20.0. The molecule has 10 nitrogen and oxygen atoms in total. The van der Waals surface area contributed by atoms with E-state index >= 15 is 0 Å². The average Bonchev–Trinajstić information content (AvgIpc) is 3.09. The van der Waals surface area contributed by atoms with Gasteiger partial charge in [-0.1, -0.05) is 11.8 Å². The van der Waals surface area contributed by atoms with Crippen LogP contribution in [0.4, 0.5) is 10.7 Å². The molecule has 1 aromatic rings. The largest absolute Gasteiger partial charge is 0.463 e. The number of hydrogen-bond donors (Lipinski definition) is 2. The monoisotopic (exact) mass is 410 g/mol. The van der Waals surface area contributed by atoms with Crippen molar-refractivity contribution in [1.29, 1.82) is 0 Å². The Hall–Kier alpha value is -2.27. The van der Waals surface area contributed by atoms with Gasteiger partial charge in [0.2, 0.25) is 5.95 Å². The highest BCUT2D eigenvalue weighted by Crippen LogP contribution is 2.26. The molecule has 0 aliphatic carbocycles. The maximum Gasteiger partial charge on any atom is 0.337 e. The summed E-state index contributed by atoms with van der Waals surface area (Å²) in [6.45, 7) is 9.45. The number of aromatic nitrogens is 3. The molecule has 0 saturated carbocycles. The van der Waals surface area contributed by atoms with E-state index in [1.807, 2.05) is 11.5 Å². The molecule has 0 bridgehead atoms. The number of morpholine rings is 1. The molecule has 2 amide bonds. The molecular weight excluding hydrogens is 384 g/mol. The first-order valence-corrected chi connectivity index (χ1v) is 10.4. The number of anilines is 1. The minimum Gasteiger partial charge on any atom is -0.463 e. The van der Waals surface area contributed by atoms with Crippen molar-refractivity contribution >= 4 is 29.7 Å². The van der Waals surface area contributed by atoms with Gasteiger partial charge in [0.25, 0.3) is 0 Å². The summed E-state index contributed by atoms with van der Waals surface area (Å²) in [5, 5.41) is 14.8. The van der Waals surface area contributed by atoms with E-state index in [-0.39, 0.29) is 12.6 Å². The number of hydrogen-bond acceptors (Lipinski definition) is 8. The van der Waals surface area contributed by atoms with Gasteiger partial charge in [-0.05, 0) is 20.8 Å². The summed E-state index contributed by atoms with van der Waals surface area (Å²) >= 11 is 1.43. The van der Waals surface area contributed by atoms with Crippen LogP contribution in [0, 0.1) is 0 Å². The number of esters is 1. The fourth-order valence-corrected chi connectivity index (χ4v) is 4.16. The lowest BCUT2D eigenvalue weighted by Gasteiger charge is -2.28. The van der Waals surface area contributed by atoms with Gasteiger partial charge >= 0.3 is 12.0 Å². The number of ether oxygens (including phenoxy) is 2. The first-order chi connectivity index (χ1) is 13.5. The predicted octanol–water partition coefficient (Wildman–Crippen LogP) is 0.745. The summed E-state index contributed by atoms with van der Waals surface area (Å²) in [6, 6.07) is -0.751. The molecular formula is C17H26N6O4S. The van der Waals surface area contributed by atoms with E-state index in [0.717, 1.165) is 30.7 Å². The third-order valence-electron chi connectivity index (χ3n) is 4.52. The molecule has 1 fully saturated rings. The minimum atomic E-state index is -0.427. The van der Waals surface area contributed by atoms with Crippen LogP contribution in [0.5, 0.6) is 0 Å². The van der Waals surface area contributed by atoms with Gasteiger partial charge in [-0.2, -0.15) is 0 Å². The van der Waals surface area contributed by atoms with Crippen molar-refractivity contribution in [3.05, 3.63) is 11.3 Å². The summed E-state index contributed by atoms with van der Waals surface area (Å²) in [5.74, 6) is 0.771. The molecule has 1 saturated heterocycles. The summed E-state index contributed by atoms with van der Waals surface area (Å²) in [4.78, 5) is 26.4. The number of carbonyl (C=O) groups excluding carboxylic acids is 2. The van der Waals surface area contributed by atoms with Crippen LogP contribution in [0.15, 0.2) is 16.4 Å². The number of urea groups is 1. The number of carbonyl (C=O) groups is 2. The fraction of sp³-hybridized carbons (Fsp3) is 0.647. The van der Waals surface area contributed by atoms with Gasteiger partial charge in [0.15, 0.2) is 5.16 Å². The second kappa shape index (κ2) is 9.28. The van der Waals surface area contributed by atoms with Crippen molar-refractivity contribution < 1.29 is 19.1 Å². The molecule has 1 unspecified atom stereocenters. The number of amides is 2. The first kappa shape index (κ1) is 20.5. The first-order valence-electron chi connectivity index (χ1n) is 9.41. The van der Waals surface area contributed by atoms with Gasteiger partial charge in [0, 0.05) is 31.1 Å². The summed E-state index contributed by atoms with van der Waals surface area (Å²) in [5.41, 5.74) is 0.975. The molecule has 11 heteroatoms. The second-order valence-corrected chi connectivity index (χ2v) is 7.29.